The van der Waals surface area contributed by atoms with Gasteiger partial charge in [-0.15, -0.1) is 0 Å². The van der Waals surface area contributed by atoms with E-state index in [2.05, 4.69) is 5.48 Å². The molecule has 2 aromatic rings. The molecule has 0 unspecified atom stereocenters. The van der Waals surface area contributed by atoms with Gasteiger partial charge in [-0.3, -0.25) is 0 Å². The second kappa shape index (κ2) is 5.63. The average Bonchev–Trinajstić information content (AvgIpc) is 2.43. The Balaban J connectivity index is 0.000000138. The summed E-state index contributed by atoms with van der Waals surface area (Å²) in [5, 5.41) is 0. The van der Waals surface area contributed by atoms with Gasteiger partial charge in [0, 0.05) is 23.1 Å². The first-order chi connectivity index (χ1) is 8.75. The number of nitrogens with one attached hydrogen (secondary N) is 1. The smallest absolute Gasteiger partial charge is 0.162 e. The molecule has 0 bridgehead atoms. The zero-order chi connectivity index (χ0) is 12.8. The highest BCUT2D eigenvalue weighted by atomic mass is 16.6. The molecule has 2 aromatic carbocycles. The first-order valence-corrected chi connectivity index (χ1v) is 5.54. The molecule has 0 radical (unpaired) electrons. The Hall–Kier alpha value is -2.62. The second-order valence-electron chi connectivity index (χ2n) is 3.76. The maximum atomic E-state index is 5.37. The standard InChI is InChI=1S/C8H7NO.C6H8N2/c1-2-4-8-7(3-1)5-6-9-10-8;7-5-1-2-6(8)4-3-5/h1-6,9H;1-4H,7-8H2. The monoisotopic (exact) mass is 241 g/mol. The number of nitrogens with two attached hydrogens (primary N) is 2. The van der Waals surface area contributed by atoms with Crippen molar-refractivity contribution in [1.82, 2.24) is 5.48 Å². The highest BCUT2D eigenvalue weighted by Crippen LogP contribution is 2.20. The van der Waals surface area contributed by atoms with E-state index < -0.39 is 0 Å². The van der Waals surface area contributed by atoms with E-state index >= 15 is 0 Å². The summed E-state index contributed by atoms with van der Waals surface area (Å²) in [7, 11) is 0. The number of hydrogen-bond acceptors (Lipinski definition) is 4. The first-order valence-electron chi connectivity index (χ1n) is 5.54. The Labute approximate surface area is 106 Å². The molecule has 0 atom stereocenters. The summed E-state index contributed by atoms with van der Waals surface area (Å²) in [6, 6.07) is 14.9. The van der Waals surface area contributed by atoms with Crippen molar-refractivity contribution in [3.05, 3.63) is 60.3 Å². The van der Waals surface area contributed by atoms with Gasteiger partial charge in [0.15, 0.2) is 5.75 Å². The van der Waals surface area contributed by atoms with Gasteiger partial charge in [-0.05, 0) is 36.4 Å². The van der Waals surface area contributed by atoms with Crippen molar-refractivity contribution in [1.29, 1.82) is 0 Å². The second-order valence-corrected chi connectivity index (χ2v) is 3.76. The Morgan fingerprint density at radius 1 is 0.833 bits per heavy atom. The van der Waals surface area contributed by atoms with Gasteiger partial charge in [-0.25, -0.2) is 5.48 Å². The lowest BCUT2D eigenvalue weighted by atomic mass is 10.2. The molecule has 3 rings (SSSR count). The van der Waals surface area contributed by atoms with Gasteiger partial charge in [0.25, 0.3) is 0 Å². The van der Waals surface area contributed by atoms with E-state index in [0.717, 1.165) is 22.7 Å². The van der Waals surface area contributed by atoms with Crippen molar-refractivity contribution < 1.29 is 4.84 Å². The summed E-state index contributed by atoms with van der Waals surface area (Å²) in [6.45, 7) is 0. The van der Waals surface area contributed by atoms with Gasteiger partial charge in [-0.1, -0.05) is 18.2 Å². The normalized spacial score (nSPS) is 11.3. The van der Waals surface area contributed by atoms with Crippen LogP contribution in [-0.4, -0.2) is 0 Å². The van der Waals surface area contributed by atoms with E-state index in [1.807, 2.05) is 30.3 Å². The molecule has 4 heteroatoms. The third kappa shape index (κ3) is 3.18. The van der Waals surface area contributed by atoms with Crippen molar-refractivity contribution in [3.8, 4) is 5.75 Å². The number of nitrogen functional groups attached to an aromatic ring is 2. The zero-order valence-electron chi connectivity index (χ0n) is 9.84. The van der Waals surface area contributed by atoms with Crippen LogP contribution in [0.2, 0.25) is 0 Å². The number of para-hydroxylation sites is 1. The van der Waals surface area contributed by atoms with Crippen molar-refractivity contribution in [3.63, 3.8) is 0 Å². The number of fused-ring (bicyclic) bond motifs is 1. The van der Waals surface area contributed by atoms with Crippen molar-refractivity contribution >= 4 is 17.5 Å². The van der Waals surface area contributed by atoms with Gasteiger partial charge < -0.3 is 16.3 Å². The van der Waals surface area contributed by atoms with Crippen LogP contribution < -0.4 is 21.8 Å². The molecule has 0 amide bonds. The molecule has 5 N–H and O–H groups in total. The first kappa shape index (κ1) is 11.9. The number of hydroxylamine groups is 1. The van der Waals surface area contributed by atoms with E-state index in [1.165, 1.54) is 0 Å². The number of benzene rings is 2. The summed E-state index contributed by atoms with van der Waals surface area (Å²) >= 11 is 0. The van der Waals surface area contributed by atoms with E-state index in [9.17, 15) is 0 Å². The lowest BCUT2D eigenvalue weighted by Crippen LogP contribution is -2.13. The quantitative estimate of drug-likeness (QED) is 0.619. The summed E-state index contributed by atoms with van der Waals surface area (Å²) in [6.07, 6.45) is 3.74. The minimum atomic E-state index is 0.749. The third-order valence-corrected chi connectivity index (χ3v) is 2.36. The van der Waals surface area contributed by atoms with E-state index in [0.29, 0.717) is 0 Å². The van der Waals surface area contributed by atoms with Gasteiger partial charge in [-0.2, -0.15) is 0 Å². The van der Waals surface area contributed by atoms with E-state index in [1.54, 1.807) is 30.5 Å². The molecular formula is C14H15N3O. The summed E-state index contributed by atoms with van der Waals surface area (Å²) in [5.41, 5.74) is 16.0. The molecule has 4 nitrogen and oxygen atoms in total. The van der Waals surface area contributed by atoms with Crippen LogP contribution in [0.5, 0.6) is 5.75 Å². The SMILES string of the molecule is C1=Cc2ccccc2ON1.Nc1ccc(N)cc1. The van der Waals surface area contributed by atoms with Crippen molar-refractivity contribution in [2.75, 3.05) is 11.5 Å². The molecule has 0 saturated heterocycles. The van der Waals surface area contributed by atoms with Crippen LogP contribution in [0.1, 0.15) is 5.56 Å². The van der Waals surface area contributed by atoms with Gasteiger partial charge in [0.05, 0.1) is 0 Å². The molecule has 18 heavy (non-hydrogen) atoms. The van der Waals surface area contributed by atoms with Gasteiger partial charge in [0.1, 0.15) is 0 Å². The van der Waals surface area contributed by atoms with Crippen LogP contribution in [0.25, 0.3) is 6.08 Å². The Morgan fingerprint density at radius 2 is 1.44 bits per heavy atom. The lowest BCUT2D eigenvalue weighted by Gasteiger charge is -2.11. The fourth-order valence-electron chi connectivity index (χ4n) is 1.43. The van der Waals surface area contributed by atoms with Crippen LogP contribution in [0, 0.1) is 0 Å². The summed E-state index contributed by atoms with van der Waals surface area (Å²) in [4.78, 5) is 5.09. The average molecular weight is 241 g/mol. The molecule has 0 fully saturated rings. The van der Waals surface area contributed by atoms with Gasteiger partial charge >= 0.3 is 0 Å². The Morgan fingerprint density at radius 3 is 2.06 bits per heavy atom. The van der Waals surface area contributed by atoms with Crippen molar-refractivity contribution in [2.45, 2.75) is 0 Å². The Bertz CT molecular complexity index is 514. The number of hydrogen-bond donors (Lipinski definition) is 3. The van der Waals surface area contributed by atoms with Gasteiger partial charge in [0.2, 0.25) is 0 Å². The topological polar surface area (TPSA) is 73.3 Å². The molecule has 1 aliphatic rings. The predicted molar refractivity (Wildman–Crippen MR) is 74.5 cm³/mol. The van der Waals surface area contributed by atoms with Crippen LogP contribution in [0.15, 0.2) is 54.7 Å². The largest absolute Gasteiger partial charge is 0.399 e. The van der Waals surface area contributed by atoms with Crippen LogP contribution in [0.4, 0.5) is 11.4 Å². The van der Waals surface area contributed by atoms with Crippen LogP contribution in [-0.2, 0) is 0 Å². The molecule has 1 aliphatic heterocycles. The molecular weight excluding hydrogens is 226 g/mol. The van der Waals surface area contributed by atoms with E-state index in [-0.39, 0.29) is 0 Å². The van der Waals surface area contributed by atoms with Crippen molar-refractivity contribution in [2.24, 2.45) is 0 Å². The molecule has 92 valence electrons. The predicted octanol–water partition coefficient (Wildman–Crippen LogP) is 2.41. The van der Waals surface area contributed by atoms with Crippen LogP contribution >= 0.6 is 0 Å². The number of anilines is 2. The highest BCUT2D eigenvalue weighted by Gasteiger charge is 2.01. The minimum Gasteiger partial charge on any atom is -0.399 e. The zero-order valence-corrected chi connectivity index (χ0v) is 9.84. The molecule has 0 saturated carbocycles. The maximum absolute atomic E-state index is 5.37. The summed E-state index contributed by atoms with van der Waals surface area (Å²) < 4.78 is 0. The molecule has 0 aromatic heterocycles. The molecule has 0 aliphatic carbocycles. The van der Waals surface area contributed by atoms with Crippen LogP contribution in [0.3, 0.4) is 0 Å². The highest BCUT2D eigenvalue weighted by molar-refractivity contribution is 5.58. The Kier molecular flexibility index (Phi) is 3.71. The summed E-state index contributed by atoms with van der Waals surface area (Å²) in [5.74, 6) is 0.880. The number of rotatable bonds is 0. The third-order valence-electron chi connectivity index (χ3n) is 2.36. The molecule has 1 heterocycles. The lowest BCUT2D eigenvalue weighted by molar-refractivity contribution is 0.239. The van der Waals surface area contributed by atoms with E-state index in [4.69, 9.17) is 16.3 Å². The fourth-order valence-corrected chi connectivity index (χ4v) is 1.43. The fraction of sp³-hybridized carbons (Fsp3) is 0. The minimum absolute atomic E-state index is 0.749. The maximum Gasteiger partial charge on any atom is 0.162 e. The molecule has 0 spiro atoms.